The van der Waals surface area contributed by atoms with Crippen LogP contribution in [0.1, 0.15) is 30.9 Å². The van der Waals surface area contributed by atoms with E-state index in [0.29, 0.717) is 11.8 Å². The highest BCUT2D eigenvalue weighted by Crippen LogP contribution is 2.30. The normalized spacial score (nSPS) is 13.0. The van der Waals surface area contributed by atoms with Crippen molar-refractivity contribution in [2.75, 3.05) is 0 Å². The molecule has 0 saturated heterocycles. The van der Waals surface area contributed by atoms with Gasteiger partial charge in [0, 0.05) is 12.1 Å². The maximum atomic E-state index is 4.03. The number of rotatable bonds is 3. The Hall–Kier alpha value is -1.57. The zero-order valence-corrected chi connectivity index (χ0v) is 9.14. The first-order valence-corrected chi connectivity index (χ1v) is 5.32. The summed E-state index contributed by atoms with van der Waals surface area (Å²) in [6.07, 6.45) is 3.90. The van der Waals surface area contributed by atoms with Crippen LogP contribution >= 0.6 is 0 Å². The zero-order chi connectivity index (χ0) is 10.7. The SMILES string of the molecule is CC(C)C(c1ccccc1)c1cn[nH]c1. The molecule has 78 valence electrons. The summed E-state index contributed by atoms with van der Waals surface area (Å²) in [5.41, 5.74) is 2.62. The van der Waals surface area contributed by atoms with E-state index in [1.807, 2.05) is 12.4 Å². The van der Waals surface area contributed by atoms with Gasteiger partial charge < -0.3 is 0 Å². The van der Waals surface area contributed by atoms with Gasteiger partial charge in [0.25, 0.3) is 0 Å². The second-order valence-electron chi connectivity index (χ2n) is 4.16. The zero-order valence-electron chi connectivity index (χ0n) is 9.14. The molecule has 1 atom stereocenters. The molecule has 2 heteroatoms. The summed E-state index contributed by atoms with van der Waals surface area (Å²) >= 11 is 0. The number of aromatic nitrogens is 2. The van der Waals surface area contributed by atoms with Crippen molar-refractivity contribution in [1.29, 1.82) is 0 Å². The fourth-order valence-electron chi connectivity index (χ4n) is 2.05. The van der Waals surface area contributed by atoms with Crippen LogP contribution in [-0.4, -0.2) is 10.2 Å². The van der Waals surface area contributed by atoms with Crippen LogP contribution in [0.5, 0.6) is 0 Å². The Labute approximate surface area is 90.3 Å². The van der Waals surface area contributed by atoms with Gasteiger partial charge in [0.2, 0.25) is 0 Å². The van der Waals surface area contributed by atoms with Gasteiger partial charge in [0.05, 0.1) is 6.20 Å². The molecule has 1 unspecified atom stereocenters. The third-order valence-corrected chi connectivity index (χ3v) is 2.70. The van der Waals surface area contributed by atoms with Gasteiger partial charge in [-0.3, -0.25) is 5.10 Å². The summed E-state index contributed by atoms with van der Waals surface area (Å²) < 4.78 is 0. The monoisotopic (exact) mass is 200 g/mol. The summed E-state index contributed by atoms with van der Waals surface area (Å²) in [6, 6.07) is 10.6. The fourth-order valence-corrected chi connectivity index (χ4v) is 2.05. The molecule has 1 N–H and O–H groups in total. The molecule has 1 aromatic carbocycles. The van der Waals surface area contributed by atoms with E-state index in [9.17, 15) is 0 Å². The molecular formula is C13H16N2. The molecule has 15 heavy (non-hydrogen) atoms. The lowest BCUT2D eigenvalue weighted by atomic mass is 9.84. The van der Waals surface area contributed by atoms with Gasteiger partial charge in [-0.1, -0.05) is 44.2 Å². The highest BCUT2D eigenvalue weighted by Gasteiger charge is 2.18. The Bertz CT molecular complexity index is 390. The predicted octanol–water partition coefficient (Wildman–Crippen LogP) is 3.20. The van der Waals surface area contributed by atoms with E-state index in [2.05, 4.69) is 54.4 Å². The molecule has 0 spiro atoms. The van der Waals surface area contributed by atoms with E-state index >= 15 is 0 Å². The Morgan fingerprint density at radius 3 is 2.33 bits per heavy atom. The molecule has 1 aromatic heterocycles. The van der Waals surface area contributed by atoms with Gasteiger partial charge in [-0.2, -0.15) is 5.10 Å². The first kappa shape index (κ1) is 9.97. The Morgan fingerprint density at radius 1 is 1.07 bits per heavy atom. The molecule has 2 rings (SSSR count). The van der Waals surface area contributed by atoms with E-state index in [4.69, 9.17) is 0 Å². The third kappa shape index (κ3) is 2.09. The minimum atomic E-state index is 0.435. The van der Waals surface area contributed by atoms with E-state index in [1.54, 1.807) is 0 Å². The number of H-pyrrole nitrogens is 1. The van der Waals surface area contributed by atoms with Crippen LogP contribution in [0, 0.1) is 5.92 Å². The Morgan fingerprint density at radius 2 is 1.80 bits per heavy atom. The first-order chi connectivity index (χ1) is 7.29. The number of benzene rings is 1. The van der Waals surface area contributed by atoms with E-state index < -0.39 is 0 Å². The molecule has 0 aliphatic carbocycles. The van der Waals surface area contributed by atoms with Crippen molar-refractivity contribution in [2.45, 2.75) is 19.8 Å². The summed E-state index contributed by atoms with van der Waals surface area (Å²) in [5.74, 6) is 1.01. The highest BCUT2D eigenvalue weighted by molar-refractivity contribution is 5.30. The summed E-state index contributed by atoms with van der Waals surface area (Å²) in [5, 5.41) is 6.91. The van der Waals surface area contributed by atoms with Crippen molar-refractivity contribution in [3.05, 3.63) is 53.9 Å². The summed E-state index contributed by atoms with van der Waals surface area (Å²) in [6.45, 7) is 4.48. The van der Waals surface area contributed by atoms with Crippen LogP contribution in [0.3, 0.4) is 0 Å². The average molecular weight is 200 g/mol. The second kappa shape index (κ2) is 4.30. The molecule has 0 radical (unpaired) electrons. The molecular weight excluding hydrogens is 184 g/mol. The van der Waals surface area contributed by atoms with Gasteiger partial charge in [-0.15, -0.1) is 0 Å². The first-order valence-electron chi connectivity index (χ1n) is 5.32. The van der Waals surface area contributed by atoms with E-state index in [0.717, 1.165) is 0 Å². The molecule has 0 saturated carbocycles. The van der Waals surface area contributed by atoms with Crippen LogP contribution in [0.15, 0.2) is 42.7 Å². The lowest BCUT2D eigenvalue weighted by molar-refractivity contribution is 0.564. The quantitative estimate of drug-likeness (QED) is 0.809. The molecule has 2 nitrogen and oxygen atoms in total. The summed E-state index contributed by atoms with van der Waals surface area (Å²) in [4.78, 5) is 0. The number of hydrogen-bond acceptors (Lipinski definition) is 1. The number of nitrogens with one attached hydrogen (secondary N) is 1. The predicted molar refractivity (Wildman–Crippen MR) is 61.7 cm³/mol. The van der Waals surface area contributed by atoms with E-state index in [1.165, 1.54) is 11.1 Å². The lowest BCUT2D eigenvalue weighted by Crippen LogP contribution is -2.07. The third-order valence-electron chi connectivity index (χ3n) is 2.70. The minimum Gasteiger partial charge on any atom is -0.285 e. The van der Waals surface area contributed by atoms with Gasteiger partial charge in [-0.25, -0.2) is 0 Å². The van der Waals surface area contributed by atoms with Crippen molar-refractivity contribution in [1.82, 2.24) is 10.2 Å². The molecule has 2 aromatic rings. The highest BCUT2D eigenvalue weighted by atomic mass is 15.1. The van der Waals surface area contributed by atoms with Crippen molar-refractivity contribution in [2.24, 2.45) is 5.92 Å². The maximum absolute atomic E-state index is 4.03. The van der Waals surface area contributed by atoms with Gasteiger partial charge in [-0.05, 0) is 17.0 Å². The summed E-state index contributed by atoms with van der Waals surface area (Å²) in [7, 11) is 0. The maximum Gasteiger partial charge on any atom is 0.0525 e. The number of hydrogen-bond donors (Lipinski definition) is 1. The second-order valence-corrected chi connectivity index (χ2v) is 4.16. The van der Waals surface area contributed by atoms with Crippen LogP contribution in [0.25, 0.3) is 0 Å². The van der Waals surface area contributed by atoms with Crippen LogP contribution in [-0.2, 0) is 0 Å². The van der Waals surface area contributed by atoms with Crippen molar-refractivity contribution >= 4 is 0 Å². The molecule has 0 bridgehead atoms. The molecule has 0 amide bonds. The largest absolute Gasteiger partial charge is 0.285 e. The smallest absolute Gasteiger partial charge is 0.0525 e. The molecule has 1 heterocycles. The average Bonchev–Trinajstić information content (AvgIpc) is 2.72. The number of nitrogens with zero attached hydrogens (tertiary/aromatic N) is 1. The van der Waals surface area contributed by atoms with Crippen LogP contribution in [0.2, 0.25) is 0 Å². The van der Waals surface area contributed by atoms with Crippen LogP contribution in [0.4, 0.5) is 0 Å². The van der Waals surface area contributed by atoms with Crippen molar-refractivity contribution in [3.63, 3.8) is 0 Å². The minimum absolute atomic E-state index is 0.435. The molecule has 0 aliphatic heterocycles. The lowest BCUT2D eigenvalue weighted by Gasteiger charge is -2.19. The van der Waals surface area contributed by atoms with E-state index in [-0.39, 0.29) is 0 Å². The van der Waals surface area contributed by atoms with Crippen molar-refractivity contribution < 1.29 is 0 Å². The van der Waals surface area contributed by atoms with Gasteiger partial charge >= 0.3 is 0 Å². The Kier molecular flexibility index (Phi) is 2.86. The Balaban J connectivity index is 2.37. The topological polar surface area (TPSA) is 28.7 Å². The fraction of sp³-hybridized carbons (Fsp3) is 0.308. The van der Waals surface area contributed by atoms with Crippen molar-refractivity contribution in [3.8, 4) is 0 Å². The standard InChI is InChI=1S/C13H16N2/c1-10(2)13(12-8-14-15-9-12)11-6-4-3-5-7-11/h3-10,13H,1-2H3,(H,14,15). The molecule has 0 aliphatic rings. The van der Waals surface area contributed by atoms with Gasteiger partial charge in [0.15, 0.2) is 0 Å². The van der Waals surface area contributed by atoms with Gasteiger partial charge in [0.1, 0.15) is 0 Å². The number of aromatic amines is 1. The van der Waals surface area contributed by atoms with Crippen LogP contribution < -0.4 is 0 Å². The molecule has 0 fully saturated rings.